The third-order valence-corrected chi connectivity index (χ3v) is 2.65. The predicted molar refractivity (Wildman–Crippen MR) is 69.1 cm³/mol. The lowest BCUT2D eigenvalue weighted by Gasteiger charge is -2.04. The van der Waals surface area contributed by atoms with Gasteiger partial charge in [-0.2, -0.15) is 0 Å². The standard InChI is InChI=1S/C13H10ClNO4/c1-18-12(16)7-19-13(17)9-2-4-10-8(6-9)3-5-11(14)15-10/h2-6H,7H2,1H3. The fourth-order valence-electron chi connectivity index (χ4n) is 1.49. The molecule has 2 rings (SSSR count). The van der Waals surface area contributed by atoms with Crippen LogP contribution in [0.4, 0.5) is 0 Å². The van der Waals surface area contributed by atoms with E-state index in [0.717, 1.165) is 5.39 Å². The summed E-state index contributed by atoms with van der Waals surface area (Å²) in [6, 6.07) is 8.23. The number of nitrogens with zero attached hydrogens (tertiary/aromatic N) is 1. The second-order valence-electron chi connectivity index (χ2n) is 3.69. The van der Waals surface area contributed by atoms with E-state index < -0.39 is 18.5 Å². The molecule has 0 spiro atoms. The molecular weight excluding hydrogens is 270 g/mol. The van der Waals surface area contributed by atoms with Gasteiger partial charge < -0.3 is 9.47 Å². The van der Waals surface area contributed by atoms with Crippen LogP contribution in [0.2, 0.25) is 5.15 Å². The zero-order valence-electron chi connectivity index (χ0n) is 10.1. The molecule has 0 radical (unpaired) electrons. The van der Waals surface area contributed by atoms with Crippen LogP contribution in [-0.4, -0.2) is 30.6 Å². The molecule has 0 aliphatic carbocycles. The molecule has 6 heteroatoms. The molecule has 0 atom stereocenters. The van der Waals surface area contributed by atoms with Crippen LogP contribution in [-0.2, 0) is 14.3 Å². The van der Waals surface area contributed by atoms with Crippen LogP contribution in [0.1, 0.15) is 10.4 Å². The topological polar surface area (TPSA) is 65.5 Å². The highest BCUT2D eigenvalue weighted by molar-refractivity contribution is 6.29. The first-order valence-corrected chi connectivity index (χ1v) is 5.78. The summed E-state index contributed by atoms with van der Waals surface area (Å²) in [7, 11) is 1.22. The molecule has 1 aromatic carbocycles. The number of fused-ring (bicyclic) bond motifs is 1. The molecule has 1 aromatic heterocycles. The molecule has 98 valence electrons. The van der Waals surface area contributed by atoms with E-state index in [0.29, 0.717) is 16.2 Å². The number of methoxy groups -OCH3 is 1. The Balaban J connectivity index is 2.19. The molecule has 0 saturated carbocycles. The highest BCUT2D eigenvalue weighted by Gasteiger charge is 2.11. The van der Waals surface area contributed by atoms with Gasteiger partial charge in [-0.05, 0) is 30.3 Å². The van der Waals surface area contributed by atoms with Gasteiger partial charge >= 0.3 is 11.9 Å². The summed E-state index contributed by atoms with van der Waals surface area (Å²) in [5.41, 5.74) is 1.01. The maximum absolute atomic E-state index is 11.7. The molecule has 0 bridgehead atoms. The number of halogens is 1. The molecule has 0 saturated heterocycles. The van der Waals surface area contributed by atoms with Crippen molar-refractivity contribution in [1.82, 2.24) is 4.98 Å². The van der Waals surface area contributed by atoms with E-state index in [2.05, 4.69) is 9.72 Å². The van der Waals surface area contributed by atoms with Gasteiger partial charge in [0.15, 0.2) is 6.61 Å². The van der Waals surface area contributed by atoms with E-state index in [1.807, 2.05) is 0 Å². The highest BCUT2D eigenvalue weighted by atomic mass is 35.5. The Hall–Kier alpha value is -2.14. The zero-order valence-corrected chi connectivity index (χ0v) is 10.8. The van der Waals surface area contributed by atoms with Crippen molar-refractivity contribution in [3.8, 4) is 0 Å². The summed E-state index contributed by atoms with van der Waals surface area (Å²) in [6.07, 6.45) is 0. The fraction of sp³-hybridized carbons (Fsp3) is 0.154. The van der Waals surface area contributed by atoms with Crippen molar-refractivity contribution in [2.75, 3.05) is 13.7 Å². The summed E-state index contributed by atoms with van der Waals surface area (Å²) in [5.74, 6) is -1.20. The number of rotatable bonds is 3. The van der Waals surface area contributed by atoms with Crippen molar-refractivity contribution in [1.29, 1.82) is 0 Å². The summed E-state index contributed by atoms with van der Waals surface area (Å²) in [6.45, 7) is -0.410. The van der Waals surface area contributed by atoms with Gasteiger partial charge in [-0.15, -0.1) is 0 Å². The number of pyridine rings is 1. The molecule has 0 N–H and O–H groups in total. The Bertz CT molecular complexity index is 642. The zero-order chi connectivity index (χ0) is 13.8. The third kappa shape index (κ3) is 3.20. The first-order valence-electron chi connectivity index (χ1n) is 5.40. The van der Waals surface area contributed by atoms with Crippen molar-refractivity contribution in [3.05, 3.63) is 41.0 Å². The molecule has 0 aliphatic rings. The number of carbonyl (C=O) groups is 2. The van der Waals surface area contributed by atoms with E-state index in [-0.39, 0.29) is 0 Å². The number of ether oxygens (including phenoxy) is 2. The minimum atomic E-state index is -0.609. The van der Waals surface area contributed by atoms with Crippen LogP contribution in [0.15, 0.2) is 30.3 Å². The van der Waals surface area contributed by atoms with E-state index in [4.69, 9.17) is 16.3 Å². The smallest absolute Gasteiger partial charge is 0.344 e. The molecule has 19 heavy (non-hydrogen) atoms. The minimum Gasteiger partial charge on any atom is -0.466 e. The minimum absolute atomic E-state index is 0.334. The number of esters is 2. The molecule has 5 nitrogen and oxygen atoms in total. The molecular formula is C13H10ClNO4. The average Bonchev–Trinajstić information content (AvgIpc) is 2.43. The number of aromatic nitrogens is 1. The Kier molecular flexibility index (Phi) is 3.97. The molecule has 2 aromatic rings. The first kappa shape index (κ1) is 13.3. The van der Waals surface area contributed by atoms with Crippen LogP contribution in [0.3, 0.4) is 0 Å². The number of carbonyl (C=O) groups excluding carboxylic acids is 2. The normalized spacial score (nSPS) is 10.2. The largest absolute Gasteiger partial charge is 0.466 e. The second-order valence-corrected chi connectivity index (χ2v) is 4.08. The molecule has 0 fully saturated rings. The molecule has 0 unspecified atom stereocenters. The maximum Gasteiger partial charge on any atom is 0.344 e. The van der Waals surface area contributed by atoms with Gasteiger partial charge in [0.25, 0.3) is 0 Å². The molecule has 0 amide bonds. The van der Waals surface area contributed by atoms with Crippen LogP contribution < -0.4 is 0 Å². The average molecular weight is 280 g/mol. The van der Waals surface area contributed by atoms with Gasteiger partial charge in [-0.3, -0.25) is 0 Å². The van der Waals surface area contributed by atoms with Crippen molar-refractivity contribution < 1.29 is 19.1 Å². The Morgan fingerprint density at radius 1 is 1.26 bits per heavy atom. The van der Waals surface area contributed by atoms with Gasteiger partial charge in [0.1, 0.15) is 5.15 Å². The van der Waals surface area contributed by atoms with Crippen molar-refractivity contribution in [3.63, 3.8) is 0 Å². The molecule has 0 aliphatic heterocycles. The van der Waals surface area contributed by atoms with Gasteiger partial charge in [-0.1, -0.05) is 11.6 Å². The number of hydrogen-bond acceptors (Lipinski definition) is 5. The van der Waals surface area contributed by atoms with E-state index >= 15 is 0 Å². The first-order chi connectivity index (χ1) is 9.10. The second kappa shape index (κ2) is 5.67. The quantitative estimate of drug-likeness (QED) is 0.637. The SMILES string of the molecule is COC(=O)COC(=O)c1ccc2nc(Cl)ccc2c1. The number of hydrogen-bond donors (Lipinski definition) is 0. The lowest BCUT2D eigenvalue weighted by atomic mass is 10.1. The van der Waals surface area contributed by atoms with Gasteiger partial charge in [0, 0.05) is 5.39 Å². The van der Waals surface area contributed by atoms with Crippen molar-refractivity contribution in [2.45, 2.75) is 0 Å². The summed E-state index contributed by atoms with van der Waals surface area (Å²) >= 11 is 5.77. The lowest BCUT2D eigenvalue weighted by Crippen LogP contribution is -2.15. The van der Waals surface area contributed by atoms with E-state index in [9.17, 15) is 9.59 Å². The third-order valence-electron chi connectivity index (χ3n) is 2.44. The van der Waals surface area contributed by atoms with Crippen LogP contribution in [0, 0.1) is 0 Å². The van der Waals surface area contributed by atoms with Gasteiger partial charge in [0.05, 0.1) is 18.2 Å². The maximum atomic E-state index is 11.7. The van der Waals surface area contributed by atoms with Gasteiger partial charge in [-0.25, -0.2) is 14.6 Å². The van der Waals surface area contributed by atoms with Crippen LogP contribution in [0.25, 0.3) is 10.9 Å². The Morgan fingerprint density at radius 2 is 2.05 bits per heavy atom. The van der Waals surface area contributed by atoms with Crippen molar-refractivity contribution in [2.24, 2.45) is 0 Å². The summed E-state index contributed by atoms with van der Waals surface area (Å²) in [4.78, 5) is 26.7. The summed E-state index contributed by atoms with van der Waals surface area (Å²) < 4.78 is 9.17. The molecule has 1 heterocycles. The van der Waals surface area contributed by atoms with E-state index in [1.165, 1.54) is 7.11 Å². The van der Waals surface area contributed by atoms with Gasteiger partial charge in [0.2, 0.25) is 0 Å². The Morgan fingerprint density at radius 3 is 2.79 bits per heavy atom. The fourth-order valence-corrected chi connectivity index (χ4v) is 1.65. The monoisotopic (exact) mass is 279 g/mol. The Labute approximate surface area is 114 Å². The lowest BCUT2D eigenvalue weighted by molar-refractivity contribution is -0.144. The van der Waals surface area contributed by atoms with Crippen LogP contribution in [0.5, 0.6) is 0 Å². The van der Waals surface area contributed by atoms with Crippen molar-refractivity contribution >= 4 is 34.4 Å². The van der Waals surface area contributed by atoms with Crippen LogP contribution >= 0.6 is 11.6 Å². The number of benzene rings is 1. The highest BCUT2D eigenvalue weighted by Crippen LogP contribution is 2.17. The van der Waals surface area contributed by atoms with E-state index in [1.54, 1.807) is 30.3 Å². The summed E-state index contributed by atoms with van der Waals surface area (Å²) in [5, 5.41) is 1.14. The predicted octanol–water partition coefficient (Wildman–Crippen LogP) is 2.22.